The summed E-state index contributed by atoms with van der Waals surface area (Å²) in [6, 6.07) is 19.7. The molecule has 0 bridgehead atoms. The highest BCUT2D eigenvalue weighted by molar-refractivity contribution is 6.35. The van der Waals surface area contributed by atoms with Crippen LogP contribution < -0.4 is 4.74 Å². The monoisotopic (exact) mass is 496 g/mol. The van der Waals surface area contributed by atoms with Crippen molar-refractivity contribution < 1.29 is 37.4 Å². The van der Waals surface area contributed by atoms with Crippen LogP contribution in [0.5, 0.6) is 5.75 Å². The molecule has 0 fully saturated rings. The molecule has 186 valence electrons. The lowest BCUT2D eigenvalue weighted by Crippen LogP contribution is -2.22. The van der Waals surface area contributed by atoms with E-state index in [4.69, 9.17) is 9.47 Å². The Morgan fingerprint density at radius 3 is 2.39 bits per heavy atom. The van der Waals surface area contributed by atoms with E-state index in [-0.39, 0.29) is 30.9 Å². The van der Waals surface area contributed by atoms with Gasteiger partial charge in [0, 0.05) is 12.0 Å². The van der Waals surface area contributed by atoms with Crippen LogP contribution in [0.1, 0.15) is 34.7 Å². The van der Waals surface area contributed by atoms with Gasteiger partial charge >= 0.3 is 12.1 Å². The Balaban J connectivity index is 1.64. The van der Waals surface area contributed by atoms with Gasteiger partial charge in [0.25, 0.3) is 5.71 Å². The molecule has 8 heteroatoms. The zero-order valence-electron chi connectivity index (χ0n) is 19.8. The lowest BCUT2D eigenvalue weighted by atomic mass is 9.97. The number of ether oxygens (including phenoxy) is 2. The average Bonchev–Trinajstić information content (AvgIpc) is 3.19. The number of carbonyl (C=O) groups excluding carboxylic acids is 1. The van der Waals surface area contributed by atoms with Gasteiger partial charge in [-0.25, -0.2) is 4.79 Å². The highest BCUT2D eigenvalue weighted by atomic mass is 19.4. The number of hydroxylamine groups is 1. The Hall–Kier alpha value is -4.07. The van der Waals surface area contributed by atoms with Crippen molar-refractivity contribution in [3.8, 4) is 5.75 Å². The summed E-state index contributed by atoms with van der Waals surface area (Å²) >= 11 is 0. The van der Waals surface area contributed by atoms with E-state index in [2.05, 4.69) is 0 Å². The molecule has 36 heavy (non-hydrogen) atoms. The normalized spacial score (nSPS) is 14.5. The van der Waals surface area contributed by atoms with Crippen LogP contribution in [0.4, 0.5) is 13.2 Å². The molecule has 5 nitrogen and oxygen atoms in total. The van der Waals surface area contributed by atoms with E-state index >= 15 is 0 Å². The number of fused-ring (bicyclic) bond motifs is 1. The van der Waals surface area contributed by atoms with Crippen LogP contribution in [0.25, 0.3) is 5.57 Å². The summed E-state index contributed by atoms with van der Waals surface area (Å²) < 4.78 is 51.0. The zero-order valence-corrected chi connectivity index (χ0v) is 19.8. The second-order valence-corrected chi connectivity index (χ2v) is 8.21. The molecule has 1 aliphatic rings. The van der Waals surface area contributed by atoms with Crippen LogP contribution in [0.15, 0.2) is 78.4 Å². The van der Waals surface area contributed by atoms with Crippen molar-refractivity contribution in [1.82, 2.24) is 0 Å². The van der Waals surface area contributed by atoms with Crippen molar-refractivity contribution in [3.05, 3.63) is 106 Å². The number of esters is 1. The van der Waals surface area contributed by atoms with Crippen molar-refractivity contribution in [2.75, 3.05) is 20.3 Å². The molecule has 3 aromatic carbocycles. The molecular weight excluding hydrogens is 471 g/mol. The highest BCUT2D eigenvalue weighted by Crippen LogP contribution is 2.40. The number of alkyl halides is 3. The van der Waals surface area contributed by atoms with Crippen molar-refractivity contribution in [2.24, 2.45) is 0 Å². The summed E-state index contributed by atoms with van der Waals surface area (Å²) in [4.78, 5) is 13.0. The second-order valence-electron chi connectivity index (χ2n) is 8.21. The molecule has 0 atom stereocenters. The highest BCUT2D eigenvalue weighted by Gasteiger charge is 2.40. The van der Waals surface area contributed by atoms with Crippen LogP contribution in [0.2, 0.25) is 0 Å². The number of halogens is 3. The predicted molar refractivity (Wildman–Crippen MR) is 128 cm³/mol. The first kappa shape index (κ1) is 25.0. The van der Waals surface area contributed by atoms with Gasteiger partial charge in [-0.1, -0.05) is 48.5 Å². The molecule has 0 saturated heterocycles. The van der Waals surface area contributed by atoms with Gasteiger partial charge in [0.2, 0.25) is 0 Å². The third-order valence-electron chi connectivity index (χ3n) is 5.78. The van der Waals surface area contributed by atoms with Crippen LogP contribution in [-0.2, 0) is 22.1 Å². The van der Waals surface area contributed by atoms with Gasteiger partial charge in [-0.2, -0.15) is 13.2 Å². The molecule has 3 aromatic rings. The van der Waals surface area contributed by atoms with E-state index in [9.17, 15) is 23.2 Å². The number of benzene rings is 3. The number of hydrogen-bond acceptors (Lipinski definition) is 4. The number of carbonyl (C=O) groups is 1. The van der Waals surface area contributed by atoms with Gasteiger partial charge in [0.15, 0.2) is 7.05 Å². The van der Waals surface area contributed by atoms with Crippen molar-refractivity contribution in [3.63, 3.8) is 0 Å². The maximum Gasteiger partial charge on any atom is 0.416 e. The Morgan fingerprint density at radius 2 is 1.72 bits per heavy atom. The topological polar surface area (TPSA) is 58.8 Å². The van der Waals surface area contributed by atoms with Gasteiger partial charge in [-0.05, 0) is 52.6 Å². The van der Waals surface area contributed by atoms with Crippen LogP contribution in [0, 0.1) is 0 Å². The van der Waals surface area contributed by atoms with Gasteiger partial charge in [-0.15, -0.1) is 0 Å². The minimum absolute atomic E-state index is 0.147. The van der Waals surface area contributed by atoms with Gasteiger partial charge in [0.05, 0.1) is 24.3 Å². The maximum atomic E-state index is 13.0. The Morgan fingerprint density at radius 1 is 0.972 bits per heavy atom. The van der Waals surface area contributed by atoms with Gasteiger partial charge in [-0.3, -0.25) is 5.21 Å². The molecular formula is C28H25F3NO4+. The number of nitrogens with zero attached hydrogens (tertiary/aromatic N) is 1. The molecule has 0 aromatic heterocycles. The summed E-state index contributed by atoms with van der Waals surface area (Å²) in [5.74, 6) is -0.104. The Kier molecular flexibility index (Phi) is 7.15. The van der Waals surface area contributed by atoms with E-state index < -0.39 is 17.7 Å². The maximum absolute atomic E-state index is 13.0. The lowest BCUT2D eigenvalue weighted by molar-refractivity contribution is -0.753. The van der Waals surface area contributed by atoms with E-state index in [0.29, 0.717) is 22.4 Å². The standard InChI is InChI=1S/C28H25F3NO4/c1-3-35-27(33)25-24(19-9-5-4-6-10-19)22-13-12-21(17-23(22)26(25)32(2)34)36-15-14-18-8-7-11-20(16-18)28(29,30)31/h4-13,16-17,34H,3,14-15H2,1-2H3/q+1/b32-26+. The third-order valence-corrected chi connectivity index (χ3v) is 5.78. The molecule has 4 rings (SSSR count). The summed E-state index contributed by atoms with van der Waals surface area (Å²) in [6.45, 7) is 2.03. The fourth-order valence-corrected chi connectivity index (χ4v) is 4.25. The summed E-state index contributed by atoms with van der Waals surface area (Å²) in [5, 5.41) is 10.5. The van der Waals surface area contributed by atoms with E-state index in [0.717, 1.165) is 28.0 Å². The first-order chi connectivity index (χ1) is 17.2. The first-order valence-electron chi connectivity index (χ1n) is 11.4. The Bertz CT molecular complexity index is 1340. The molecule has 0 amide bonds. The predicted octanol–water partition coefficient (Wildman–Crippen LogP) is 5.53. The van der Waals surface area contributed by atoms with E-state index in [1.54, 1.807) is 31.2 Å². The third kappa shape index (κ3) is 5.12. The molecule has 0 aliphatic heterocycles. The lowest BCUT2D eigenvalue weighted by Gasteiger charge is -2.11. The fourth-order valence-electron chi connectivity index (χ4n) is 4.25. The molecule has 0 radical (unpaired) electrons. The van der Waals surface area contributed by atoms with Crippen molar-refractivity contribution in [2.45, 2.75) is 19.5 Å². The van der Waals surface area contributed by atoms with Gasteiger partial charge in [0.1, 0.15) is 11.3 Å². The summed E-state index contributed by atoms with van der Waals surface area (Å²) in [6.07, 6.45) is -4.13. The molecule has 0 saturated carbocycles. The largest absolute Gasteiger partial charge is 0.493 e. The average molecular weight is 497 g/mol. The smallest absolute Gasteiger partial charge is 0.416 e. The number of rotatable bonds is 7. The van der Waals surface area contributed by atoms with Crippen LogP contribution in [0.3, 0.4) is 0 Å². The molecule has 1 aliphatic carbocycles. The van der Waals surface area contributed by atoms with Crippen molar-refractivity contribution >= 4 is 17.3 Å². The molecule has 0 unspecified atom stereocenters. The number of hydrogen-bond donors (Lipinski definition) is 1. The zero-order chi connectivity index (χ0) is 25.9. The fraction of sp³-hybridized carbons (Fsp3) is 0.214. The van der Waals surface area contributed by atoms with Crippen LogP contribution in [-0.4, -0.2) is 41.9 Å². The van der Waals surface area contributed by atoms with E-state index in [1.807, 2.05) is 30.3 Å². The van der Waals surface area contributed by atoms with E-state index in [1.165, 1.54) is 13.1 Å². The summed E-state index contributed by atoms with van der Waals surface area (Å²) in [5.41, 5.74) is 3.06. The summed E-state index contributed by atoms with van der Waals surface area (Å²) in [7, 11) is 1.42. The van der Waals surface area contributed by atoms with Gasteiger partial charge < -0.3 is 9.47 Å². The minimum Gasteiger partial charge on any atom is -0.493 e. The molecule has 0 spiro atoms. The van der Waals surface area contributed by atoms with Crippen LogP contribution >= 0.6 is 0 Å². The quantitative estimate of drug-likeness (QED) is 0.202. The molecule has 0 heterocycles. The SMILES string of the molecule is CCOC(=O)C1=C(c2ccccc2)c2ccc(OCCc3cccc(C(F)(F)F)c3)cc2/C1=[N+](/C)O. The van der Waals surface area contributed by atoms with Crippen molar-refractivity contribution in [1.29, 1.82) is 0 Å². The Labute approximate surface area is 206 Å². The molecule has 1 N–H and O–H groups in total. The first-order valence-corrected chi connectivity index (χ1v) is 11.4. The minimum atomic E-state index is -4.40. The second kappa shape index (κ2) is 10.3.